The molecule has 2 amide bonds. The fourth-order valence-corrected chi connectivity index (χ4v) is 3.36. The van der Waals surface area contributed by atoms with Gasteiger partial charge in [0.1, 0.15) is 17.6 Å². The number of carbonyl (C=O) groups is 1. The number of benzene rings is 1. The lowest BCUT2D eigenvalue weighted by Crippen LogP contribution is -2.46. The van der Waals surface area contributed by atoms with Gasteiger partial charge in [0.15, 0.2) is 0 Å². The van der Waals surface area contributed by atoms with Gasteiger partial charge in [-0.1, -0.05) is 19.1 Å². The average molecular weight is 342 g/mol. The van der Waals surface area contributed by atoms with Gasteiger partial charge in [-0.25, -0.2) is 9.78 Å². The summed E-state index contributed by atoms with van der Waals surface area (Å²) < 4.78 is 7.27. The van der Waals surface area contributed by atoms with Crippen LogP contribution in [0, 0.1) is 5.92 Å². The van der Waals surface area contributed by atoms with Crippen LogP contribution in [0.3, 0.4) is 0 Å². The molecule has 1 aliphatic heterocycles. The molecule has 1 saturated heterocycles. The molecule has 1 fully saturated rings. The van der Waals surface area contributed by atoms with Crippen molar-refractivity contribution < 1.29 is 9.53 Å². The van der Waals surface area contributed by atoms with E-state index in [1.807, 2.05) is 47.0 Å². The first-order valence-electron chi connectivity index (χ1n) is 8.75. The molecule has 6 nitrogen and oxygen atoms in total. The topological polar surface area (TPSA) is 59.4 Å². The predicted octanol–water partition coefficient (Wildman–Crippen LogP) is 2.96. The Morgan fingerprint density at radius 2 is 2.28 bits per heavy atom. The van der Waals surface area contributed by atoms with E-state index in [9.17, 15) is 4.79 Å². The number of urea groups is 1. The van der Waals surface area contributed by atoms with Crippen LogP contribution in [0.25, 0.3) is 0 Å². The molecule has 0 saturated carbocycles. The fraction of sp³-hybridized carbons (Fsp3) is 0.474. The number of imidazole rings is 1. The van der Waals surface area contributed by atoms with E-state index in [2.05, 4.69) is 17.2 Å². The van der Waals surface area contributed by atoms with Crippen LogP contribution in [0.5, 0.6) is 5.75 Å². The number of methoxy groups -OCH3 is 1. The van der Waals surface area contributed by atoms with E-state index >= 15 is 0 Å². The van der Waals surface area contributed by atoms with Crippen molar-refractivity contribution >= 4 is 6.03 Å². The minimum atomic E-state index is -0.320. The molecule has 6 heteroatoms. The summed E-state index contributed by atoms with van der Waals surface area (Å²) in [7, 11) is 3.58. The summed E-state index contributed by atoms with van der Waals surface area (Å²) in [5.74, 6) is 2.10. The van der Waals surface area contributed by atoms with Gasteiger partial charge in [0.2, 0.25) is 0 Å². The van der Waals surface area contributed by atoms with E-state index < -0.39 is 0 Å². The second kappa shape index (κ2) is 7.59. The van der Waals surface area contributed by atoms with Crippen molar-refractivity contribution in [2.75, 3.05) is 20.2 Å². The van der Waals surface area contributed by atoms with Gasteiger partial charge in [0, 0.05) is 32.5 Å². The van der Waals surface area contributed by atoms with Crippen molar-refractivity contribution in [2.24, 2.45) is 13.0 Å². The number of aromatic nitrogens is 2. The number of likely N-dealkylation sites (tertiary alicyclic amines) is 1. The van der Waals surface area contributed by atoms with E-state index in [-0.39, 0.29) is 12.1 Å². The number of hydrogen-bond acceptors (Lipinski definition) is 3. The Morgan fingerprint density at radius 1 is 1.44 bits per heavy atom. The smallest absolute Gasteiger partial charge is 0.318 e. The van der Waals surface area contributed by atoms with Crippen molar-refractivity contribution in [3.8, 4) is 5.75 Å². The molecule has 134 valence electrons. The number of piperidine rings is 1. The molecule has 2 heterocycles. The number of aryl methyl sites for hydroxylation is 1. The molecule has 0 spiro atoms. The summed E-state index contributed by atoms with van der Waals surface area (Å²) in [5.41, 5.74) is 0.951. The SMILES string of the molecule is COc1cccc(C(NC(=O)N2CCCC(C)C2)c2nccn2C)c1. The number of nitrogens with one attached hydrogen (secondary N) is 1. The zero-order valence-corrected chi connectivity index (χ0v) is 15.1. The zero-order chi connectivity index (χ0) is 17.8. The van der Waals surface area contributed by atoms with Crippen molar-refractivity contribution in [3.05, 3.63) is 48.0 Å². The third-order valence-corrected chi connectivity index (χ3v) is 4.76. The molecular weight excluding hydrogens is 316 g/mol. The summed E-state index contributed by atoms with van der Waals surface area (Å²) in [6, 6.07) is 7.40. The Kier molecular flexibility index (Phi) is 5.26. The van der Waals surface area contributed by atoms with E-state index in [0.717, 1.165) is 36.6 Å². The largest absolute Gasteiger partial charge is 0.497 e. The van der Waals surface area contributed by atoms with Crippen molar-refractivity contribution in [1.82, 2.24) is 19.8 Å². The molecule has 0 radical (unpaired) electrons. The van der Waals surface area contributed by atoms with E-state index in [4.69, 9.17) is 4.74 Å². The fourth-order valence-electron chi connectivity index (χ4n) is 3.36. The second-order valence-corrected chi connectivity index (χ2v) is 6.75. The van der Waals surface area contributed by atoms with Crippen LogP contribution < -0.4 is 10.1 Å². The second-order valence-electron chi connectivity index (χ2n) is 6.75. The summed E-state index contributed by atoms with van der Waals surface area (Å²) in [4.78, 5) is 19.2. The predicted molar refractivity (Wildman–Crippen MR) is 96.5 cm³/mol. The normalized spacial score (nSPS) is 18.7. The minimum Gasteiger partial charge on any atom is -0.497 e. The number of hydrogen-bond donors (Lipinski definition) is 1. The molecule has 1 aromatic heterocycles. The van der Waals surface area contributed by atoms with Crippen molar-refractivity contribution in [1.29, 1.82) is 0 Å². The Balaban J connectivity index is 1.86. The lowest BCUT2D eigenvalue weighted by atomic mass is 10.0. The van der Waals surface area contributed by atoms with E-state index in [1.54, 1.807) is 13.3 Å². The first kappa shape index (κ1) is 17.3. The van der Waals surface area contributed by atoms with Crippen LogP contribution >= 0.6 is 0 Å². The zero-order valence-electron chi connectivity index (χ0n) is 15.1. The molecule has 1 N–H and O–H groups in total. The summed E-state index contributed by atoms with van der Waals surface area (Å²) in [6.45, 7) is 3.80. The molecule has 1 aromatic carbocycles. The third-order valence-electron chi connectivity index (χ3n) is 4.76. The molecule has 2 unspecified atom stereocenters. The van der Waals surface area contributed by atoms with Gasteiger partial charge in [-0.05, 0) is 36.5 Å². The van der Waals surface area contributed by atoms with Crippen LogP contribution in [0.2, 0.25) is 0 Å². The number of ether oxygens (including phenoxy) is 1. The Labute approximate surface area is 148 Å². The Morgan fingerprint density at radius 3 is 2.96 bits per heavy atom. The number of amides is 2. The molecule has 25 heavy (non-hydrogen) atoms. The molecule has 0 aliphatic carbocycles. The highest BCUT2D eigenvalue weighted by Crippen LogP contribution is 2.25. The van der Waals surface area contributed by atoms with Crippen LogP contribution in [-0.4, -0.2) is 40.7 Å². The number of nitrogens with zero attached hydrogens (tertiary/aromatic N) is 3. The van der Waals surface area contributed by atoms with Crippen molar-refractivity contribution in [3.63, 3.8) is 0 Å². The minimum absolute atomic E-state index is 0.0395. The lowest BCUT2D eigenvalue weighted by Gasteiger charge is -2.32. The van der Waals surface area contributed by atoms with Gasteiger partial charge in [0.25, 0.3) is 0 Å². The molecule has 2 atom stereocenters. The Hall–Kier alpha value is -2.50. The highest BCUT2D eigenvalue weighted by Gasteiger charge is 2.26. The molecular formula is C19H26N4O2. The summed E-state index contributed by atoms with van der Waals surface area (Å²) in [6.07, 6.45) is 5.87. The van der Waals surface area contributed by atoms with Crippen LogP contribution in [0.15, 0.2) is 36.7 Å². The van der Waals surface area contributed by atoms with E-state index in [1.165, 1.54) is 6.42 Å². The number of carbonyl (C=O) groups excluding carboxylic acids is 1. The summed E-state index contributed by atoms with van der Waals surface area (Å²) >= 11 is 0. The molecule has 0 bridgehead atoms. The quantitative estimate of drug-likeness (QED) is 0.929. The van der Waals surface area contributed by atoms with Gasteiger partial charge >= 0.3 is 6.03 Å². The first-order chi connectivity index (χ1) is 12.1. The van der Waals surface area contributed by atoms with Gasteiger partial charge in [-0.3, -0.25) is 0 Å². The van der Waals surface area contributed by atoms with Crippen LogP contribution in [-0.2, 0) is 7.05 Å². The van der Waals surface area contributed by atoms with Crippen LogP contribution in [0.1, 0.15) is 37.2 Å². The Bertz CT molecular complexity index is 728. The highest BCUT2D eigenvalue weighted by molar-refractivity contribution is 5.75. The van der Waals surface area contributed by atoms with Gasteiger partial charge in [0.05, 0.1) is 7.11 Å². The molecule has 2 aromatic rings. The monoisotopic (exact) mass is 342 g/mol. The van der Waals surface area contributed by atoms with Gasteiger partial charge in [-0.2, -0.15) is 0 Å². The highest BCUT2D eigenvalue weighted by atomic mass is 16.5. The third kappa shape index (κ3) is 3.95. The summed E-state index contributed by atoms with van der Waals surface area (Å²) in [5, 5.41) is 3.17. The molecule has 3 rings (SSSR count). The maximum atomic E-state index is 12.8. The first-order valence-corrected chi connectivity index (χ1v) is 8.75. The standard InChI is InChI=1S/C19H26N4O2/c1-14-6-5-10-23(13-14)19(24)21-17(18-20-9-11-22(18)2)15-7-4-8-16(12-15)25-3/h4,7-9,11-12,14,17H,5-6,10,13H2,1-3H3,(H,21,24). The van der Waals surface area contributed by atoms with Crippen LogP contribution in [0.4, 0.5) is 4.79 Å². The van der Waals surface area contributed by atoms with Crippen molar-refractivity contribution in [2.45, 2.75) is 25.8 Å². The lowest BCUT2D eigenvalue weighted by molar-refractivity contribution is 0.167. The van der Waals surface area contributed by atoms with E-state index in [0.29, 0.717) is 5.92 Å². The maximum Gasteiger partial charge on any atom is 0.318 e. The van der Waals surface area contributed by atoms with Gasteiger partial charge < -0.3 is 19.5 Å². The maximum absolute atomic E-state index is 12.8. The molecule has 1 aliphatic rings. The average Bonchev–Trinajstić information content (AvgIpc) is 3.05. The van der Waals surface area contributed by atoms with Gasteiger partial charge in [-0.15, -0.1) is 0 Å². The number of rotatable bonds is 4.